The van der Waals surface area contributed by atoms with Gasteiger partial charge in [0, 0.05) is 5.56 Å². The molecule has 1 unspecified atom stereocenters. The minimum Gasteiger partial charge on any atom is -0.462 e. The summed E-state index contributed by atoms with van der Waals surface area (Å²) in [4.78, 5) is 35.1. The summed E-state index contributed by atoms with van der Waals surface area (Å²) in [5, 5.41) is 0. The molecule has 0 amide bonds. The van der Waals surface area contributed by atoms with Crippen molar-refractivity contribution in [2.24, 2.45) is 5.92 Å². The standard InChI is InChI=1S/C20H14F14O6/c1-8(2)7-38-12(35)11(40-14(37)16(23,24)18(27,28)20(32,33)34)9-3-5-10(6-4-9)39-13(36)15(21,22)17(25,26)19(29,30)31/h3-6,8,11H,7H2,1-2H3. The van der Waals surface area contributed by atoms with Crippen LogP contribution in [0.15, 0.2) is 24.3 Å². The lowest BCUT2D eigenvalue weighted by Gasteiger charge is -2.28. The molecule has 0 spiro atoms. The Balaban J connectivity index is 3.33. The van der Waals surface area contributed by atoms with E-state index >= 15 is 0 Å². The second kappa shape index (κ2) is 11.3. The number of carbonyl (C=O) groups excluding carboxylic acids is 3. The molecule has 1 aromatic carbocycles. The lowest BCUT2D eigenvalue weighted by molar-refractivity contribution is -0.349. The van der Waals surface area contributed by atoms with Crippen LogP contribution in [0.4, 0.5) is 61.5 Å². The third kappa shape index (κ3) is 6.86. The van der Waals surface area contributed by atoms with Gasteiger partial charge in [0.2, 0.25) is 6.10 Å². The summed E-state index contributed by atoms with van der Waals surface area (Å²) < 4.78 is 192. The van der Waals surface area contributed by atoms with Gasteiger partial charge in [-0.05, 0) is 18.1 Å². The Kier molecular flexibility index (Phi) is 9.76. The number of benzene rings is 1. The summed E-state index contributed by atoms with van der Waals surface area (Å²) in [5.41, 5.74) is -0.930. The summed E-state index contributed by atoms with van der Waals surface area (Å²) in [6.45, 7) is 2.27. The molecule has 1 atom stereocenters. The molecular weight excluding hydrogens is 602 g/mol. The predicted octanol–water partition coefficient (Wildman–Crippen LogP) is 6.04. The molecule has 228 valence electrons. The molecule has 0 aliphatic heterocycles. The summed E-state index contributed by atoms with van der Waals surface area (Å²) in [6, 6.07) is 1.15. The molecule has 0 fully saturated rings. The first-order valence-electron chi connectivity index (χ1n) is 10.1. The van der Waals surface area contributed by atoms with Crippen molar-refractivity contribution in [3.8, 4) is 5.75 Å². The molecule has 1 rings (SSSR count). The first-order valence-corrected chi connectivity index (χ1v) is 10.1. The average molecular weight is 616 g/mol. The predicted molar refractivity (Wildman–Crippen MR) is 98.6 cm³/mol. The molecule has 40 heavy (non-hydrogen) atoms. The third-order valence-electron chi connectivity index (χ3n) is 4.40. The highest BCUT2D eigenvalue weighted by molar-refractivity contribution is 5.85. The average Bonchev–Trinajstić information content (AvgIpc) is 2.79. The fraction of sp³-hybridized carbons (Fsp3) is 0.550. The van der Waals surface area contributed by atoms with E-state index in [-0.39, 0.29) is 12.1 Å². The van der Waals surface area contributed by atoms with E-state index in [0.717, 1.165) is 0 Å². The van der Waals surface area contributed by atoms with Crippen molar-refractivity contribution < 1.29 is 90.1 Å². The van der Waals surface area contributed by atoms with Crippen molar-refractivity contribution in [2.45, 2.75) is 56.0 Å². The van der Waals surface area contributed by atoms with Gasteiger partial charge in [-0.3, -0.25) is 0 Å². The Morgan fingerprint density at radius 3 is 1.45 bits per heavy atom. The zero-order chi connectivity index (χ0) is 31.7. The van der Waals surface area contributed by atoms with Crippen LogP contribution in [0.1, 0.15) is 25.5 Å². The van der Waals surface area contributed by atoms with Gasteiger partial charge < -0.3 is 14.2 Å². The molecule has 0 aliphatic rings. The Morgan fingerprint density at radius 1 is 0.675 bits per heavy atom. The highest BCUT2D eigenvalue weighted by Gasteiger charge is 2.78. The van der Waals surface area contributed by atoms with Gasteiger partial charge in [-0.25, -0.2) is 14.4 Å². The fourth-order valence-electron chi connectivity index (χ4n) is 2.25. The molecule has 0 radical (unpaired) electrons. The van der Waals surface area contributed by atoms with Crippen molar-refractivity contribution in [3.05, 3.63) is 29.8 Å². The lowest BCUT2D eigenvalue weighted by Crippen LogP contribution is -2.57. The van der Waals surface area contributed by atoms with Gasteiger partial charge in [0.1, 0.15) is 5.75 Å². The van der Waals surface area contributed by atoms with Crippen LogP contribution in [0.5, 0.6) is 5.75 Å². The number of esters is 3. The van der Waals surface area contributed by atoms with Crippen LogP contribution < -0.4 is 4.74 Å². The number of ether oxygens (including phenoxy) is 3. The molecule has 0 heterocycles. The van der Waals surface area contributed by atoms with Gasteiger partial charge in [0.25, 0.3) is 0 Å². The van der Waals surface area contributed by atoms with E-state index in [1.165, 1.54) is 13.8 Å². The second-order valence-corrected chi connectivity index (χ2v) is 8.06. The molecule has 0 N–H and O–H groups in total. The highest BCUT2D eigenvalue weighted by atomic mass is 19.4. The maximum absolute atomic E-state index is 13.7. The van der Waals surface area contributed by atoms with Crippen LogP contribution in [0.3, 0.4) is 0 Å². The maximum Gasteiger partial charge on any atom is 0.460 e. The van der Waals surface area contributed by atoms with Crippen LogP contribution in [0.2, 0.25) is 0 Å². The zero-order valence-electron chi connectivity index (χ0n) is 19.4. The smallest absolute Gasteiger partial charge is 0.460 e. The number of alkyl halides is 14. The zero-order valence-corrected chi connectivity index (χ0v) is 19.4. The lowest BCUT2D eigenvalue weighted by atomic mass is 10.1. The van der Waals surface area contributed by atoms with Crippen LogP contribution in [0, 0.1) is 5.92 Å². The van der Waals surface area contributed by atoms with Crippen molar-refractivity contribution in [3.63, 3.8) is 0 Å². The van der Waals surface area contributed by atoms with Crippen molar-refractivity contribution in [2.75, 3.05) is 6.61 Å². The maximum atomic E-state index is 13.7. The van der Waals surface area contributed by atoms with Gasteiger partial charge in [0.05, 0.1) is 6.61 Å². The van der Waals surface area contributed by atoms with Gasteiger partial charge in [-0.2, -0.15) is 61.5 Å². The second-order valence-electron chi connectivity index (χ2n) is 8.06. The van der Waals surface area contributed by atoms with Gasteiger partial charge in [-0.15, -0.1) is 0 Å². The minimum absolute atomic E-state index is 0.244. The fourth-order valence-corrected chi connectivity index (χ4v) is 2.25. The Hall–Kier alpha value is -3.35. The van der Waals surface area contributed by atoms with Gasteiger partial charge >= 0.3 is 54.0 Å². The Morgan fingerprint density at radius 2 is 1.07 bits per heavy atom. The summed E-state index contributed by atoms with van der Waals surface area (Å²) in [5.74, 6) is -37.6. The van der Waals surface area contributed by atoms with Crippen LogP contribution in [-0.4, -0.2) is 60.6 Å². The quantitative estimate of drug-likeness (QED) is 0.181. The Bertz CT molecular complexity index is 1080. The first-order chi connectivity index (χ1) is 17.7. The highest BCUT2D eigenvalue weighted by Crippen LogP contribution is 2.48. The van der Waals surface area contributed by atoms with E-state index in [2.05, 4.69) is 14.2 Å². The third-order valence-corrected chi connectivity index (χ3v) is 4.40. The van der Waals surface area contributed by atoms with Crippen LogP contribution in [0.25, 0.3) is 0 Å². The topological polar surface area (TPSA) is 78.9 Å². The normalized spacial score (nSPS) is 14.5. The van der Waals surface area contributed by atoms with E-state index < -0.39 is 83.9 Å². The number of hydrogen-bond donors (Lipinski definition) is 0. The number of halogens is 14. The van der Waals surface area contributed by atoms with Crippen LogP contribution >= 0.6 is 0 Å². The van der Waals surface area contributed by atoms with Gasteiger partial charge in [-0.1, -0.05) is 26.0 Å². The molecule has 6 nitrogen and oxygen atoms in total. The number of hydrogen-bond acceptors (Lipinski definition) is 6. The van der Waals surface area contributed by atoms with E-state index in [9.17, 15) is 75.8 Å². The molecule has 0 saturated carbocycles. The number of carbonyl (C=O) groups is 3. The first kappa shape index (κ1) is 34.7. The SMILES string of the molecule is CC(C)COC(=O)C(OC(=O)C(F)(F)C(F)(F)C(F)(F)F)c1ccc(OC(=O)C(F)(F)C(F)(F)C(F)(F)F)cc1. The summed E-state index contributed by atoms with van der Waals surface area (Å²) in [6.07, 6.45) is -16.7. The molecule has 20 heteroatoms. The van der Waals surface area contributed by atoms with E-state index in [1.807, 2.05) is 0 Å². The van der Waals surface area contributed by atoms with Crippen molar-refractivity contribution in [1.29, 1.82) is 0 Å². The summed E-state index contributed by atoms with van der Waals surface area (Å²) >= 11 is 0. The molecular formula is C20H14F14O6. The van der Waals surface area contributed by atoms with E-state index in [1.54, 1.807) is 0 Å². The van der Waals surface area contributed by atoms with Crippen molar-refractivity contribution in [1.82, 2.24) is 0 Å². The van der Waals surface area contributed by atoms with Crippen LogP contribution in [-0.2, 0) is 23.9 Å². The molecule has 1 aromatic rings. The van der Waals surface area contributed by atoms with E-state index in [4.69, 9.17) is 0 Å². The Labute approximate surface area is 213 Å². The minimum atomic E-state index is -6.99. The van der Waals surface area contributed by atoms with Crippen molar-refractivity contribution >= 4 is 17.9 Å². The van der Waals surface area contributed by atoms with E-state index in [0.29, 0.717) is 12.1 Å². The largest absolute Gasteiger partial charge is 0.462 e. The molecule has 0 saturated heterocycles. The summed E-state index contributed by atoms with van der Waals surface area (Å²) in [7, 11) is 0. The molecule has 0 aromatic heterocycles. The monoisotopic (exact) mass is 616 g/mol. The molecule has 0 aliphatic carbocycles. The molecule has 0 bridgehead atoms. The van der Waals surface area contributed by atoms with Gasteiger partial charge in [0.15, 0.2) is 0 Å². The number of rotatable bonds is 10.